The highest BCUT2D eigenvalue weighted by Crippen LogP contribution is 2.27. The summed E-state index contributed by atoms with van der Waals surface area (Å²) < 4.78 is 0. The van der Waals surface area contributed by atoms with Crippen LogP contribution in [-0.4, -0.2) is 21.5 Å². The quantitative estimate of drug-likeness (QED) is 0.496. The van der Waals surface area contributed by atoms with Crippen LogP contribution in [0.3, 0.4) is 0 Å². The Kier molecular flexibility index (Phi) is 3.77. The number of thiazole rings is 1. The lowest BCUT2D eigenvalue weighted by atomic mass is 10.2. The molecule has 20 heavy (non-hydrogen) atoms. The van der Waals surface area contributed by atoms with E-state index < -0.39 is 0 Å². The molecule has 0 aliphatic rings. The minimum absolute atomic E-state index is 0.327. The van der Waals surface area contributed by atoms with Crippen LogP contribution in [0.15, 0.2) is 23.0 Å². The van der Waals surface area contributed by atoms with Gasteiger partial charge in [-0.25, -0.2) is 15.8 Å². The molecule has 0 saturated heterocycles. The third-order valence-electron chi connectivity index (χ3n) is 2.90. The maximum Gasteiger partial charge on any atom is 0.240 e. The van der Waals surface area contributed by atoms with Gasteiger partial charge in [0.25, 0.3) is 0 Å². The van der Waals surface area contributed by atoms with E-state index in [0.29, 0.717) is 11.9 Å². The number of rotatable bonds is 5. The van der Waals surface area contributed by atoms with Gasteiger partial charge in [0.05, 0.1) is 10.4 Å². The molecule has 0 radical (unpaired) electrons. The average Bonchev–Trinajstić information content (AvgIpc) is 3.14. The molecule has 4 N–H and O–H groups in total. The summed E-state index contributed by atoms with van der Waals surface area (Å²) in [5, 5.41) is 9.48. The Balaban J connectivity index is 1.81. The molecule has 0 fully saturated rings. The number of hydrogen-bond donors (Lipinski definition) is 3. The van der Waals surface area contributed by atoms with E-state index in [1.54, 1.807) is 22.7 Å². The molecule has 0 spiro atoms. The van der Waals surface area contributed by atoms with E-state index in [0.717, 1.165) is 27.6 Å². The van der Waals surface area contributed by atoms with Crippen molar-refractivity contribution < 1.29 is 0 Å². The van der Waals surface area contributed by atoms with Crippen molar-refractivity contribution in [2.24, 2.45) is 5.84 Å². The molecular formula is C12H14N6S2. The van der Waals surface area contributed by atoms with Crippen molar-refractivity contribution in [1.29, 1.82) is 0 Å². The van der Waals surface area contributed by atoms with Gasteiger partial charge >= 0.3 is 0 Å². The van der Waals surface area contributed by atoms with E-state index >= 15 is 0 Å². The number of hydrazine groups is 1. The smallest absolute Gasteiger partial charge is 0.240 e. The maximum atomic E-state index is 5.41. The van der Waals surface area contributed by atoms with E-state index in [1.165, 1.54) is 0 Å². The molecule has 1 atom stereocenters. The number of anilines is 2. The van der Waals surface area contributed by atoms with Crippen molar-refractivity contribution in [3.8, 4) is 0 Å². The second-order valence-electron chi connectivity index (χ2n) is 4.33. The van der Waals surface area contributed by atoms with E-state index in [1.807, 2.05) is 23.0 Å². The van der Waals surface area contributed by atoms with E-state index in [4.69, 9.17) is 5.84 Å². The van der Waals surface area contributed by atoms with Gasteiger partial charge in [0, 0.05) is 24.0 Å². The van der Waals surface area contributed by atoms with Gasteiger partial charge in [-0.15, -0.1) is 22.7 Å². The van der Waals surface area contributed by atoms with Crippen molar-refractivity contribution in [1.82, 2.24) is 15.0 Å². The molecule has 3 rings (SSSR count). The fourth-order valence-corrected chi connectivity index (χ4v) is 3.33. The normalized spacial score (nSPS) is 12.5. The zero-order chi connectivity index (χ0) is 13.9. The summed E-state index contributed by atoms with van der Waals surface area (Å²) in [6.45, 7) is 2.90. The summed E-state index contributed by atoms with van der Waals surface area (Å²) in [4.78, 5) is 13.9. The number of hydrogen-bond acceptors (Lipinski definition) is 8. The van der Waals surface area contributed by atoms with Crippen LogP contribution in [0.4, 0.5) is 11.8 Å². The summed E-state index contributed by atoms with van der Waals surface area (Å²) in [6.07, 6.45) is 1.83. The highest BCUT2D eigenvalue weighted by Gasteiger charge is 2.11. The largest absolute Gasteiger partial charge is 0.369 e. The van der Waals surface area contributed by atoms with E-state index in [-0.39, 0.29) is 0 Å². The summed E-state index contributed by atoms with van der Waals surface area (Å²) >= 11 is 3.23. The molecule has 0 aliphatic carbocycles. The number of nitrogens with one attached hydrogen (secondary N) is 2. The van der Waals surface area contributed by atoms with Crippen molar-refractivity contribution in [2.45, 2.75) is 12.8 Å². The molecule has 3 aromatic rings. The number of fused-ring (bicyclic) bond motifs is 1. The zero-order valence-electron chi connectivity index (χ0n) is 10.8. The van der Waals surface area contributed by atoms with E-state index in [9.17, 15) is 0 Å². The first-order valence-corrected chi connectivity index (χ1v) is 7.89. The minimum Gasteiger partial charge on any atom is -0.369 e. The molecule has 104 valence electrons. The number of nitrogens with zero attached hydrogens (tertiary/aromatic N) is 3. The summed E-state index contributed by atoms with van der Waals surface area (Å²) in [5.41, 5.74) is 2.50. The molecule has 0 aromatic carbocycles. The van der Waals surface area contributed by atoms with Crippen molar-refractivity contribution >= 4 is 44.7 Å². The molecule has 6 nitrogen and oxygen atoms in total. The van der Waals surface area contributed by atoms with Gasteiger partial charge in [-0.05, 0) is 11.4 Å². The van der Waals surface area contributed by atoms with Crippen LogP contribution in [0.5, 0.6) is 0 Å². The summed E-state index contributed by atoms with van der Waals surface area (Å²) in [6, 6.07) is 2.01. The second-order valence-corrected chi connectivity index (χ2v) is 6.15. The standard InChI is InChI=1S/C12H14N6S2/c1-7(10-14-3-5-20-10)6-15-9-8-2-4-19-11(8)17-12(16-9)18-13/h2-5,7H,6,13H2,1H3,(H2,15,16,17,18). The zero-order valence-corrected chi connectivity index (χ0v) is 12.5. The Morgan fingerprint density at radius 1 is 1.30 bits per heavy atom. The topological polar surface area (TPSA) is 88.8 Å². The van der Waals surface area contributed by atoms with Crippen molar-refractivity contribution in [3.05, 3.63) is 28.0 Å². The van der Waals surface area contributed by atoms with Crippen LogP contribution < -0.4 is 16.6 Å². The van der Waals surface area contributed by atoms with Crippen molar-refractivity contribution in [3.63, 3.8) is 0 Å². The summed E-state index contributed by atoms with van der Waals surface area (Å²) in [5.74, 6) is 6.95. The maximum absolute atomic E-state index is 5.41. The van der Waals surface area contributed by atoms with Crippen LogP contribution in [-0.2, 0) is 0 Å². The third-order valence-corrected chi connectivity index (χ3v) is 4.72. The van der Waals surface area contributed by atoms with Gasteiger partial charge in [0.1, 0.15) is 10.6 Å². The Morgan fingerprint density at radius 3 is 2.95 bits per heavy atom. The van der Waals surface area contributed by atoms with E-state index in [2.05, 4.69) is 32.6 Å². The first kappa shape index (κ1) is 13.2. The first-order chi connectivity index (χ1) is 9.78. The third kappa shape index (κ3) is 2.58. The molecule has 0 bridgehead atoms. The van der Waals surface area contributed by atoms with Gasteiger partial charge < -0.3 is 5.32 Å². The lowest BCUT2D eigenvalue weighted by Crippen LogP contribution is -2.14. The summed E-state index contributed by atoms with van der Waals surface area (Å²) in [7, 11) is 0. The Hall–Kier alpha value is -1.77. The molecule has 0 aliphatic heterocycles. The van der Waals surface area contributed by atoms with Gasteiger partial charge in [-0.3, -0.25) is 5.43 Å². The molecule has 3 heterocycles. The molecular weight excluding hydrogens is 292 g/mol. The molecule has 0 amide bonds. The number of nitrogens with two attached hydrogens (primary N) is 1. The SMILES string of the molecule is CC(CNc1nc(NN)nc2sccc12)c1nccs1. The lowest BCUT2D eigenvalue weighted by molar-refractivity contribution is 0.792. The second kappa shape index (κ2) is 5.70. The predicted molar refractivity (Wildman–Crippen MR) is 84.2 cm³/mol. The number of aromatic nitrogens is 3. The van der Waals surface area contributed by atoms with Gasteiger partial charge in [0.15, 0.2) is 0 Å². The van der Waals surface area contributed by atoms with Crippen LogP contribution in [0.2, 0.25) is 0 Å². The van der Waals surface area contributed by atoms with Crippen LogP contribution in [0, 0.1) is 0 Å². The van der Waals surface area contributed by atoms with Gasteiger partial charge in [0.2, 0.25) is 5.95 Å². The highest BCUT2D eigenvalue weighted by atomic mass is 32.1. The minimum atomic E-state index is 0.327. The highest BCUT2D eigenvalue weighted by molar-refractivity contribution is 7.16. The fourth-order valence-electron chi connectivity index (χ4n) is 1.87. The Labute approximate surface area is 124 Å². The predicted octanol–water partition coefficient (Wildman–Crippen LogP) is 2.65. The molecule has 1 unspecified atom stereocenters. The van der Waals surface area contributed by atoms with Crippen LogP contribution in [0.25, 0.3) is 10.2 Å². The van der Waals surface area contributed by atoms with Gasteiger partial charge in [-0.2, -0.15) is 4.98 Å². The Morgan fingerprint density at radius 2 is 2.20 bits per heavy atom. The molecule has 3 aromatic heterocycles. The van der Waals surface area contributed by atoms with Crippen molar-refractivity contribution in [2.75, 3.05) is 17.3 Å². The molecule has 8 heteroatoms. The van der Waals surface area contributed by atoms with Crippen LogP contribution in [0.1, 0.15) is 17.8 Å². The van der Waals surface area contributed by atoms with Crippen LogP contribution >= 0.6 is 22.7 Å². The lowest BCUT2D eigenvalue weighted by Gasteiger charge is -2.12. The van der Waals surface area contributed by atoms with Gasteiger partial charge in [-0.1, -0.05) is 6.92 Å². The first-order valence-electron chi connectivity index (χ1n) is 6.13. The Bertz CT molecular complexity index is 693. The fraction of sp³-hybridized carbons (Fsp3) is 0.250. The average molecular weight is 306 g/mol. The molecule has 0 saturated carbocycles. The number of nitrogen functional groups attached to an aromatic ring is 1. The monoisotopic (exact) mass is 306 g/mol. The number of thiophene rings is 1.